The van der Waals surface area contributed by atoms with Crippen LogP contribution in [0.3, 0.4) is 0 Å². The number of carbonyl (C=O) groups is 1. The number of hydrogen-bond acceptors (Lipinski definition) is 4. The van der Waals surface area contributed by atoms with Gasteiger partial charge in [-0.15, -0.1) is 4.83 Å². The van der Waals surface area contributed by atoms with E-state index in [4.69, 9.17) is 4.74 Å². The van der Waals surface area contributed by atoms with E-state index in [9.17, 15) is 13.2 Å². The van der Waals surface area contributed by atoms with E-state index >= 15 is 0 Å². The van der Waals surface area contributed by atoms with Crippen molar-refractivity contribution in [3.63, 3.8) is 0 Å². The summed E-state index contributed by atoms with van der Waals surface area (Å²) < 4.78 is 30.0. The van der Waals surface area contributed by atoms with E-state index in [0.717, 1.165) is 16.5 Å². The Balaban J connectivity index is 1.88. The number of nitrogens with one attached hydrogen (secondary N) is 2. The first kappa shape index (κ1) is 18.4. The number of ether oxygens (including phenoxy) is 1. The standard InChI is InChI=1S/C16H17BrN2O4S/c1-2-12-8-9-15(14(17)10-12)23-11-16(20)18-19-24(21,22)13-6-4-3-5-7-13/h3-10,19H,2,11H2,1H3,(H,18,20). The highest BCUT2D eigenvalue weighted by Crippen LogP contribution is 2.26. The van der Waals surface area contributed by atoms with Crippen molar-refractivity contribution >= 4 is 31.9 Å². The smallest absolute Gasteiger partial charge is 0.272 e. The fourth-order valence-electron chi connectivity index (χ4n) is 1.84. The first-order valence-electron chi connectivity index (χ1n) is 7.19. The normalized spacial score (nSPS) is 11.1. The Morgan fingerprint density at radius 1 is 1.17 bits per heavy atom. The van der Waals surface area contributed by atoms with E-state index in [0.29, 0.717) is 5.75 Å². The van der Waals surface area contributed by atoms with Gasteiger partial charge in [-0.1, -0.05) is 31.2 Å². The Kier molecular flexibility index (Phi) is 6.36. The van der Waals surface area contributed by atoms with E-state index in [2.05, 4.69) is 21.4 Å². The van der Waals surface area contributed by atoms with Gasteiger partial charge >= 0.3 is 0 Å². The van der Waals surface area contributed by atoms with Gasteiger partial charge in [0, 0.05) is 0 Å². The summed E-state index contributed by atoms with van der Waals surface area (Å²) >= 11 is 3.37. The number of aryl methyl sites for hydroxylation is 1. The van der Waals surface area contributed by atoms with Gasteiger partial charge in [0.05, 0.1) is 9.37 Å². The van der Waals surface area contributed by atoms with E-state index in [1.165, 1.54) is 12.1 Å². The number of sulfonamides is 1. The van der Waals surface area contributed by atoms with Crippen LogP contribution in [0.25, 0.3) is 0 Å². The first-order chi connectivity index (χ1) is 11.4. The minimum atomic E-state index is -3.80. The molecule has 0 aliphatic heterocycles. The Hall–Kier alpha value is -1.90. The quantitative estimate of drug-likeness (QED) is 0.683. The summed E-state index contributed by atoms with van der Waals surface area (Å²) in [5.41, 5.74) is 3.25. The molecule has 2 rings (SSSR count). The van der Waals surface area contributed by atoms with E-state index < -0.39 is 15.9 Å². The molecule has 0 aliphatic rings. The fraction of sp³-hybridized carbons (Fsp3) is 0.188. The van der Waals surface area contributed by atoms with E-state index in [1.807, 2.05) is 23.9 Å². The van der Waals surface area contributed by atoms with Crippen molar-refractivity contribution in [1.29, 1.82) is 0 Å². The zero-order valence-corrected chi connectivity index (χ0v) is 15.4. The number of benzene rings is 2. The maximum Gasteiger partial charge on any atom is 0.272 e. The number of rotatable bonds is 7. The topological polar surface area (TPSA) is 84.5 Å². The second-order valence-electron chi connectivity index (χ2n) is 4.87. The zero-order chi connectivity index (χ0) is 17.6. The van der Waals surface area contributed by atoms with Gasteiger partial charge in [0.1, 0.15) is 5.75 Å². The van der Waals surface area contributed by atoms with Gasteiger partial charge in [-0.3, -0.25) is 10.2 Å². The molecule has 0 radical (unpaired) electrons. The molecule has 0 bridgehead atoms. The van der Waals surface area contributed by atoms with Crippen LogP contribution in [0.2, 0.25) is 0 Å². The molecule has 6 nitrogen and oxygen atoms in total. The minimum Gasteiger partial charge on any atom is -0.483 e. The lowest BCUT2D eigenvalue weighted by molar-refractivity contribution is -0.123. The summed E-state index contributed by atoms with van der Waals surface area (Å²) in [6.07, 6.45) is 0.890. The van der Waals surface area contributed by atoms with Gasteiger partial charge in [-0.2, -0.15) is 0 Å². The molecule has 0 fully saturated rings. The summed E-state index contributed by atoms with van der Waals surface area (Å²) in [5.74, 6) is -0.103. The molecular formula is C16H17BrN2O4S. The molecule has 2 aromatic rings. The number of carbonyl (C=O) groups excluding carboxylic acids is 1. The molecule has 0 atom stereocenters. The average Bonchev–Trinajstić information content (AvgIpc) is 2.59. The third-order valence-electron chi connectivity index (χ3n) is 3.14. The van der Waals surface area contributed by atoms with Gasteiger partial charge in [0.2, 0.25) is 0 Å². The lowest BCUT2D eigenvalue weighted by Gasteiger charge is -2.11. The van der Waals surface area contributed by atoms with Crippen LogP contribution in [0.5, 0.6) is 5.75 Å². The highest BCUT2D eigenvalue weighted by molar-refractivity contribution is 9.10. The summed E-state index contributed by atoms with van der Waals surface area (Å²) in [5, 5.41) is 0. The van der Waals surface area contributed by atoms with Crippen LogP contribution in [-0.4, -0.2) is 20.9 Å². The Labute approximate surface area is 149 Å². The zero-order valence-electron chi connectivity index (χ0n) is 13.0. The van der Waals surface area contributed by atoms with Crippen LogP contribution in [-0.2, 0) is 21.2 Å². The van der Waals surface area contributed by atoms with Crippen molar-refractivity contribution in [2.24, 2.45) is 0 Å². The van der Waals surface area contributed by atoms with Crippen molar-refractivity contribution in [3.8, 4) is 5.75 Å². The first-order valence-corrected chi connectivity index (χ1v) is 9.47. The molecule has 0 aromatic heterocycles. The maximum absolute atomic E-state index is 12.0. The largest absolute Gasteiger partial charge is 0.483 e. The van der Waals surface area contributed by atoms with Gasteiger partial charge in [0.15, 0.2) is 6.61 Å². The molecule has 2 N–H and O–H groups in total. The van der Waals surface area contributed by atoms with Crippen molar-refractivity contribution in [2.75, 3.05) is 6.61 Å². The molecule has 8 heteroatoms. The summed E-state index contributed by atoms with van der Waals surface area (Å²) in [7, 11) is -3.80. The van der Waals surface area contributed by atoms with Gasteiger partial charge in [-0.05, 0) is 52.2 Å². The molecule has 0 spiro atoms. The summed E-state index contributed by atoms with van der Waals surface area (Å²) in [6, 6.07) is 13.3. The van der Waals surface area contributed by atoms with Crippen LogP contribution in [0, 0.1) is 0 Å². The van der Waals surface area contributed by atoms with Gasteiger partial charge in [0.25, 0.3) is 15.9 Å². The monoisotopic (exact) mass is 412 g/mol. The molecule has 0 saturated heterocycles. The third-order valence-corrected chi connectivity index (χ3v) is 5.02. The molecule has 128 valence electrons. The predicted octanol–water partition coefficient (Wildman–Crippen LogP) is 2.40. The molecule has 24 heavy (non-hydrogen) atoms. The number of halogens is 1. The highest BCUT2D eigenvalue weighted by Gasteiger charge is 2.14. The van der Waals surface area contributed by atoms with Crippen molar-refractivity contribution in [3.05, 3.63) is 58.6 Å². The van der Waals surface area contributed by atoms with Crippen LogP contribution >= 0.6 is 15.9 Å². The van der Waals surface area contributed by atoms with Crippen LogP contribution in [0.15, 0.2) is 57.9 Å². The van der Waals surface area contributed by atoms with Crippen LogP contribution < -0.4 is 15.0 Å². The summed E-state index contributed by atoms with van der Waals surface area (Å²) in [4.78, 5) is 13.8. The fourth-order valence-corrected chi connectivity index (χ4v) is 3.27. The molecule has 0 heterocycles. The molecule has 2 aromatic carbocycles. The molecule has 1 amide bonds. The van der Waals surface area contributed by atoms with Gasteiger partial charge < -0.3 is 4.74 Å². The SMILES string of the molecule is CCc1ccc(OCC(=O)NNS(=O)(=O)c2ccccc2)c(Br)c1. The van der Waals surface area contributed by atoms with E-state index in [-0.39, 0.29) is 11.5 Å². The lowest BCUT2D eigenvalue weighted by atomic mass is 10.2. The third kappa shape index (κ3) is 5.05. The number of hydrazine groups is 1. The molecule has 0 aliphatic carbocycles. The maximum atomic E-state index is 12.0. The Bertz CT molecular complexity index is 810. The molecular weight excluding hydrogens is 396 g/mol. The molecule has 0 unspecified atom stereocenters. The number of hydrogen-bond donors (Lipinski definition) is 2. The minimum absolute atomic E-state index is 0.0594. The Morgan fingerprint density at radius 3 is 2.50 bits per heavy atom. The lowest BCUT2D eigenvalue weighted by Crippen LogP contribution is -2.43. The van der Waals surface area contributed by atoms with Crippen molar-refractivity contribution in [1.82, 2.24) is 10.3 Å². The van der Waals surface area contributed by atoms with Crippen LogP contribution in [0.4, 0.5) is 0 Å². The van der Waals surface area contributed by atoms with E-state index in [1.54, 1.807) is 24.3 Å². The van der Waals surface area contributed by atoms with Crippen molar-refractivity contribution in [2.45, 2.75) is 18.2 Å². The Morgan fingerprint density at radius 2 is 1.88 bits per heavy atom. The van der Waals surface area contributed by atoms with Crippen molar-refractivity contribution < 1.29 is 17.9 Å². The number of amides is 1. The highest BCUT2D eigenvalue weighted by atomic mass is 79.9. The second-order valence-corrected chi connectivity index (χ2v) is 7.41. The van der Waals surface area contributed by atoms with Gasteiger partial charge in [-0.25, -0.2) is 8.42 Å². The molecule has 0 saturated carbocycles. The predicted molar refractivity (Wildman–Crippen MR) is 93.9 cm³/mol. The second kappa shape index (κ2) is 8.27. The van der Waals surface area contributed by atoms with Crippen LogP contribution in [0.1, 0.15) is 12.5 Å². The summed E-state index contributed by atoms with van der Waals surface area (Å²) in [6.45, 7) is 1.72. The average molecular weight is 413 g/mol.